The molecule has 0 aliphatic heterocycles. The standard InChI is InChI=1S/C21H17ClN4O2.2H2/c1-28-21(27)15-7-8-18(17-12-25-19-16(17)9-14(22)11-24-19)26-20(15)23-10-13-5-3-2-4-6-13;;/h2-9,11-12H,10H2,1H3,(H,23,26)(H,24,25);2*1H. The second-order valence-corrected chi connectivity index (χ2v) is 6.61. The van der Waals surface area contributed by atoms with Gasteiger partial charge in [-0.15, -0.1) is 0 Å². The molecule has 0 spiro atoms. The van der Waals surface area contributed by atoms with Crippen molar-refractivity contribution < 1.29 is 12.4 Å². The van der Waals surface area contributed by atoms with Crippen molar-refractivity contribution in [3.63, 3.8) is 0 Å². The van der Waals surface area contributed by atoms with Crippen molar-refractivity contribution >= 4 is 34.4 Å². The molecule has 2 N–H and O–H groups in total. The quantitative estimate of drug-likeness (QED) is 0.455. The highest BCUT2D eigenvalue weighted by molar-refractivity contribution is 6.31. The summed E-state index contributed by atoms with van der Waals surface area (Å²) in [5.41, 5.74) is 3.71. The van der Waals surface area contributed by atoms with Gasteiger partial charge in [0.25, 0.3) is 0 Å². The van der Waals surface area contributed by atoms with E-state index >= 15 is 0 Å². The number of pyridine rings is 2. The minimum absolute atomic E-state index is 0. The number of methoxy groups -OCH3 is 1. The number of esters is 1. The van der Waals surface area contributed by atoms with Crippen LogP contribution in [0.5, 0.6) is 0 Å². The number of fused-ring (bicyclic) bond motifs is 1. The molecule has 7 heteroatoms. The van der Waals surface area contributed by atoms with Crippen molar-refractivity contribution in [1.82, 2.24) is 15.0 Å². The van der Waals surface area contributed by atoms with Gasteiger partial charge in [0.05, 0.1) is 17.8 Å². The van der Waals surface area contributed by atoms with E-state index in [1.165, 1.54) is 7.11 Å². The van der Waals surface area contributed by atoms with Crippen LogP contribution in [0.4, 0.5) is 5.82 Å². The average molecular weight is 397 g/mol. The number of hydrogen-bond acceptors (Lipinski definition) is 5. The summed E-state index contributed by atoms with van der Waals surface area (Å²) in [6.45, 7) is 0.530. The van der Waals surface area contributed by atoms with Crippen molar-refractivity contribution in [3.8, 4) is 11.3 Å². The van der Waals surface area contributed by atoms with Gasteiger partial charge in [0.15, 0.2) is 0 Å². The maximum atomic E-state index is 12.2. The lowest BCUT2D eigenvalue weighted by molar-refractivity contribution is 0.0601. The molecule has 0 atom stereocenters. The Morgan fingerprint density at radius 2 is 2.07 bits per heavy atom. The Labute approximate surface area is 169 Å². The summed E-state index contributed by atoms with van der Waals surface area (Å²) in [4.78, 5) is 24.2. The van der Waals surface area contributed by atoms with Crippen molar-refractivity contribution in [1.29, 1.82) is 0 Å². The third-order valence-corrected chi connectivity index (χ3v) is 4.58. The van der Waals surface area contributed by atoms with Gasteiger partial charge in [-0.1, -0.05) is 41.9 Å². The summed E-state index contributed by atoms with van der Waals surface area (Å²) in [6, 6.07) is 15.2. The van der Waals surface area contributed by atoms with Crippen LogP contribution in [-0.2, 0) is 11.3 Å². The largest absolute Gasteiger partial charge is 0.465 e. The van der Waals surface area contributed by atoms with E-state index in [0.29, 0.717) is 28.6 Å². The summed E-state index contributed by atoms with van der Waals surface area (Å²) in [5, 5.41) is 4.65. The smallest absolute Gasteiger partial charge is 0.341 e. The second-order valence-electron chi connectivity index (χ2n) is 6.18. The maximum absolute atomic E-state index is 12.2. The van der Waals surface area contributed by atoms with E-state index < -0.39 is 5.97 Å². The Kier molecular flexibility index (Phi) is 4.95. The van der Waals surface area contributed by atoms with Gasteiger partial charge < -0.3 is 15.0 Å². The topological polar surface area (TPSA) is 79.9 Å². The van der Waals surface area contributed by atoms with Gasteiger partial charge in [-0.05, 0) is 23.8 Å². The van der Waals surface area contributed by atoms with Crippen LogP contribution in [0, 0.1) is 0 Å². The number of benzene rings is 1. The van der Waals surface area contributed by atoms with E-state index in [1.54, 1.807) is 18.3 Å². The van der Waals surface area contributed by atoms with Crippen LogP contribution < -0.4 is 5.32 Å². The molecule has 1 aromatic carbocycles. The van der Waals surface area contributed by atoms with Crippen molar-refractivity contribution in [2.45, 2.75) is 6.54 Å². The number of hydrogen-bond donors (Lipinski definition) is 2. The highest BCUT2D eigenvalue weighted by atomic mass is 35.5. The second kappa shape index (κ2) is 7.70. The van der Waals surface area contributed by atoms with Crippen molar-refractivity contribution in [3.05, 3.63) is 77.1 Å². The van der Waals surface area contributed by atoms with Crippen molar-refractivity contribution in [2.75, 3.05) is 12.4 Å². The minimum Gasteiger partial charge on any atom is -0.465 e. The van der Waals surface area contributed by atoms with Crippen LogP contribution in [-0.4, -0.2) is 28.0 Å². The zero-order chi connectivity index (χ0) is 19.5. The first-order valence-electron chi connectivity index (χ1n) is 8.66. The monoisotopic (exact) mass is 396 g/mol. The third kappa shape index (κ3) is 3.54. The molecule has 6 nitrogen and oxygen atoms in total. The molecule has 0 fully saturated rings. The number of aromatic amines is 1. The molecule has 0 amide bonds. The lowest BCUT2D eigenvalue weighted by Gasteiger charge is -2.12. The molecule has 144 valence electrons. The van der Waals surface area contributed by atoms with E-state index in [-0.39, 0.29) is 2.85 Å². The van der Waals surface area contributed by atoms with Crippen LogP contribution in [0.1, 0.15) is 18.8 Å². The van der Waals surface area contributed by atoms with E-state index in [4.69, 9.17) is 16.3 Å². The van der Waals surface area contributed by atoms with Gasteiger partial charge in [0, 0.05) is 32.7 Å². The number of H-pyrrole nitrogens is 1. The highest BCUT2D eigenvalue weighted by Crippen LogP contribution is 2.30. The summed E-state index contributed by atoms with van der Waals surface area (Å²) in [5.74, 6) is 0.00999. The molecule has 0 saturated carbocycles. The molecule has 3 aromatic heterocycles. The average Bonchev–Trinajstić information content (AvgIpc) is 3.15. The predicted molar refractivity (Wildman–Crippen MR) is 114 cm³/mol. The van der Waals surface area contributed by atoms with Gasteiger partial charge >= 0.3 is 5.97 Å². The molecule has 0 bridgehead atoms. The first kappa shape index (κ1) is 18.0. The molecule has 4 rings (SSSR count). The zero-order valence-corrected chi connectivity index (χ0v) is 15.8. The van der Waals surface area contributed by atoms with Crippen molar-refractivity contribution in [2.24, 2.45) is 0 Å². The Morgan fingerprint density at radius 3 is 2.86 bits per heavy atom. The number of nitrogens with one attached hydrogen (secondary N) is 2. The molecule has 3 heterocycles. The third-order valence-electron chi connectivity index (χ3n) is 4.38. The summed E-state index contributed by atoms with van der Waals surface area (Å²) in [6.07, 6.45) is 3.42. The Morgan fingerprint density at radius 1 is 1.25 bits per heavy atom. The number of halogens is 1. The number of aromatic nitrogens is 3. The fraction of sp³-hybridized carbons (Fsp3) is 0.0952. The molecule has 28 heavy (non-hydrogen) atoms. The first-order valence-corrected chi connectivity index (χ1v) is 9.03. The Hall–Kier alpha value is -3.38. The Balaban J connectivity index is 0.00000160. The fourth-order valence-electron chi connectivity index (χ4n) is 2.99. The van der Waals surface area contributed by atoms with Crippen LogP contribution in [0.2, 0.25) is 5.02 Å². The normalized spacial score (nSPS) is 10.8. The van der Waals surface area contributed by atoms with E-state index in [1.807, 2.05) is 42.6 Å². The fourth-order valence-corrected chi connectivity index (χ4v) is 3.15. The lowest BCUT2D eigenvalue weighted by atomic mass is 10.1. The summed E-state index contributed by atoms with van der Waals surface area (Å²) in [7, 11) is 1.35. The van der Waals surface area contributed by atoms with E-state index in [0.717, 1.165) is 22.2 Å². The number of anilines is 1. The maximum Gasteiger partial charge on any atom is 0.341 e. The van der Waals surface area contributed by atoms with Gasteiger partial charge in [-0.3, -0.25) is 0 Å². The number of nitrogens with zero attached hydrogens (tertiary/aromatic N) is 2. The number of carbonyl (C=O) groups is 1. The van der Waals surface area contributed by atoms with E-state index in [2.05, 4.69) is 20.3 Å². The minimum atomic E-state index is -0.446. The molecule has 0 unspecified atom stereocenters. The summed E-state index contributed by atoms with van der Waals surface area (Å²) < 4.78 is 4.89. The first-order chi connectivity index (χ1) is 13.7. The zero-order valence-electron chi connectivity index (χ0n) is 15.1. The van der Waals surface area contributed by atoms with Gasteiger partial charge in [-0.25, -0.2) is 14.8 Å². The van der Waals surface area contributed by atoms with Crippen LogP contribution >= 0.6 is 11.6 Å². The summed E-state index contributed by atoms with van der Waals surface area (Å²) >= 11 is 6.10. The SMILES string of the molecule is COC(=O)c1ccc(-c2c[nH]c3ncc(Cl)cc23)nc1NCc1ccccc1.[HH].[HH]. The predicted octanol–water partition coefficient (Wildman–Crippen LogP) is 5.17. The van der Waals surface area contributed by atoms with Gasteiger partial charge in [0.2, 0.25) is 0 Å². The lowest BCUT2D eigenvalue weighted by Crippen LogP contribution is -2.10. The highest BCUT2D eigenvalue weighted by Gasteiger charge is 2.16. The van der Waals surface area contributed by atoms with Crippen LogP contribution in [0.3, 0.4) is 0 Å². The molecule has 0 aliphatic rings. The molecular formula is C21H21ClN4O2. The van der Waals surface area contributed by atoms with Gasteiger partial charge in [0.1, 0.15) is 17.0 Å². The molecule has 4 aromatic rings. The van der Waals surface area contributed by atoms with E-state index in [9.17, 15) is 4.79 Å². The number of carbonyl (C=O) groups excluding carboxylic acids is 1. The molecule has 0 aliphatic carbocycles. The molecular weight excluding hydrogens is 376 g/mol. The Bertz CT molecular complexity index is 1150. The van der Waals surface area contributed by atoms with Crippen LogP contribution in [0.25, 0.3) is 22.3 Å². The number of ether oxygens (including phenoxy) is 1. The molecule has 0 saturated heterocycles. The van der Waals surface area contributed by atoms with Gasteiger partial charge in [-0.2, -0.15) is 0 Å². The van der Waals surface area contributed by atoms with Crippen LogP contribution in [0.15, 0.2) is 60.9 Å². The molecule has 0 radical (unpaired) electrons. The number of rotatable bonds is 5.